The lowest BCUT2D eigenvalue weighted by molar-refractivity contribution is -0.870. The summed E-state index contributed by atoms with van der Waals surface area (Å²) < 4.78 is 44.0. The summed E-state index contributed by atoms with van der Waals surface area (Å²) in [5.41, 5.74) is 0.871. The molecule has 0 spiro atoms. The topological polar surface area (TPSA) is 53.2 Å². The fourth-order valence-electron chi connectivity index (χ4n) is 3.52. The van der Waals surface area contributed by atoms with E-state index in [4.69, 9.17) is 16.4 Å². The first-order valence-corrected chi connectivity index (χ1v) is 11.3. The van der Waals surface area contributed by atoms with E-state index in [-0.39, 0.29) is 17.9 Å². The van der Waals surface area contributed by atoms with Gasteiger partial charge in [-0.05, 0) is 36.4 Å². The maximum atomic E-state index is 14.2. The Morgan fingerprint density at radius 2 is 1.82 bits per heavy atom. The molecule has 5 nitrogen and oxygen atoms in total. The first kappa shape index (κ1) is 23.7. The first-order chi connectivity index (χ1) is 15.4. The van der Waals surface area contributed by atoms with Crippen LogP contribution in [0, 0.1) is 0 Å². The number of likely N-dealkylation sites (N-methyl/N-ethyl adjacent to an activating group) is 1. The number of halogens is 5. The fraction of sp³-hybridized carbons (Fsp3) is 0.261. The Kier molecular flexibility index (Phi) is 6.24. The molecule has 4 aromatic rings. The van der Waals surface area contributed by atoms with Crippen LogP contribution >= 0.6 is 27.5 Å². The molecule has 0 saturated carbocycles. The van der Waals surface area contributed by atoms with Crippen LogP contribution < -0.4 is 0 Å². The maximum Gasteiger partial charge on any atom is 0.437 e. The third kappa shape index (κ3) is 5.20. The molecule has 0 unspecified atom stereocenters. The van der Waals surface area contributed by atoms with E-state index in [1.165, 1.54) is 0 Å². The van der Waals surface area contributed by atoms with Crippen LogP contribution in [0.1, 0.15) is 5.56 Å². The van der Waals surface area contributed by atoms with Crippen LogP contribution in [0.15, 0.2) is 52.1 Å². The van der Waals surface area contributed by atoms with Gasteiger partial charge in [0.15, 0.2) is 12.3 Å². The summed E-state index contributed by atoms with van der Waals surface area (Å²) in [7, 11) is 5.78. The summed E-state index contributed by atoms with van der Waals surface area (Å²) in [5, 5.41) is 5.29. The van der Waals surface area contributed by atoms with E-state index in [2.05, 4.69) is 31.1 Å². The van der Waals surface area contributed by atoms with E-state index in [1.807, 2.05) is 21.1 Å². The standard InChI is InChI=1S/C23H22BrClF3N4O/c1-32(2,3)8-9-33-31-22(23(26,27)28)20-16-6-4-14(24)12-18(16)30-21(20)19-11-13-10-15(25)5-7-17(13)29-19/h4-7,10-12,29-30H,8-9H2,1-3H3/q+1/b31-22-. The van der Waals surface area contributed by atoms with Crippen LogP contribution in [0.2, 0.25) is 5.02 Å². The van der Waals surface area contributed by atoms with Crippen LogP contribution in [-0.4, -0.2) is 60.6 Å². The monoisotopic (exact) mass is 541 g/mol. The Morgan fingerprint density at radius 3 is 2.52 bits per heavy atom. The second-order valence-electron chi connectivity index (χ2n) is 8.76. The van der Waals surface area contributed by atoms with Crippen LogP contribution in [0.5, 0.6) is 0 Å². The second-order valence-corrected chi connectivity index (χ2v) is 10.1. The number of aromatic nitrogens is 2. The molecule has 2 heterocycles. The van der Waals surface area contributed by atoms with E-state index in [0.29, 0.717) is 32.6 Å². The lowest BCUT2D eigenvalue weighted by Gasteiger charge is -2.22. The molecule has 0 fully saturated rings. The zero-order valence-electron chi connectivity index (χ0n) is 18.1. The normalized spacial score (nSPS) is 13.3. The summed E-state index contributed by atoms with van der Waals surface area (Å²) in [6.45, 7) is 0.558. The highest BCUT2D eigenvalue weighted by atomic mass is 79.9. The average molecular weight is 543 g/mol. The molecule has 0 amide bonds. The van der Waals surface area contributed by atoms with Gasteiger partial charge in [0.1, 0.15) is 6.54 Å². The molecule has 0 aliphatic carbocycles. The molecule has 0 aliphatic rings. The Bertz CT molecular complexity index is 1350. The molecule has 2 aromatic heterocycles. The van der Waals surface area contributed by atoms with Crippen molar-refractivity contribution in [3.05, 3.63) is 57.5 Å². The number of rotatable bonds is 6. The van der Waals surface area contributed by atoms with Gasteiger partial charge in [0.25, 0.3) is 0 Å². The Hall–Kier alpha value is -2.49. The summed E-state index contributed by atoms with van der Waals surface area (Å²) in [6.07, 6.45) is -4.73. The zero-order valence-corrected chi connectivity index (χ0v) is 20.5. The molecule has 174 valence electrons. The maximum absolute atomic E-state index is 14.2. The van der Waals surface area contributed by atoms with E-state index in [9.17, 15) is 13.2 Å². The number of fused-ring (bicyclic) bond motifs is 2. The number of nitrogens with zero attached hydrogens (tertiary/aromatic N) is 2. The number of hydrogen-bond acceptors (Lipinski definition) is 2. The highest BCUT2D eigenvalue weighted by Crippen LogP contribution is 2.37. The minimum atomic E-state index is -4.73. The van der Waals surface area contributed by atoms with Gasteiger partial charge in [0, 0.05) is 36.9 Å². The molecule has 10 heteroatoms. The quantitative estimate of drug-likeness (QED) is 0.121. The lowest BCUT2D eigenvalue weighted by Crippen LogP contribution is -2.37. The number of benzene rings is 2. The molecule has 0 aliphatic heterocycles. The van der Waals surface area contributed by atoms with E-state index < -0.39 is 11.9 Å². The van der Waals surface area contributed by atoms with E-state index in [1.54, 1.807) is 42.5 Å². The Balaban J connectivity index is 1.89. The largest absolute Gasteiger partial charge is 0.437 e. The number of nitrogens with one attached hydrogen (secondary N) is 2. The number of quaternary nitrogens is 1. The van der Waals surface area contributed by atoms with Crippen LogP contribution in [0.3, 0.4) is 0 Å². The number of hydrogen-bond donors (Lipinski definition) is 2. The van der Waals surface area contributed by atoms with E-state index in [0.717, 1.165) is 15.4 Å². The molecule has 0 atom stereocenters. The summed E-state index contributed by atoms with van der Waals surface area (Å²) >= 11 is 9.47. The van der Waals surface area contributed by atoms with Gasteiger partial charge < -0.3 is 19.3 Å². The lowest BCUT2D eigenvalue weighted by atomic mass is 10.0. The second kappa shape index (κ2) is 8.70. The third-order valence-corrected chi connectivity index (χ3v) is 5.86. The van der Waals surface area contributed by atoms with E-state index >= 15 is 0 Å². The smallest absolute Gasteiger partial charge is 0.389 e. The number of H-pyrrole nitrogens is 2. The molecule has 2 aromatic carbocycles. The molecule has 0 saturated heterocycles. The van der Waals surface area contributed by atoms with Gasteiger partial charge in [-0.2, -0.15) is 13.2 Å². The molecule has 4 rings (SSSR count). The minimum Gasteiger partial charge on any atom is -0.389 e. The molecule has 2 N–H and O–H groups in total. The van der Waals surface area contributed by atoms with Crippen molar-refractivity contribution >= 4 is 55.0 Å². The van der Waals surface area contributed by atoms with Crippen molar-refractivity contribution in [2.75, 3.05) is 34.3 Å². The van der Waals surface area contributed by atoms with Crippen molar-refractivity contribution in [3.8, 4) is 11.4 Å². The number of alkyl halides is 3. The van der Waals surface area contributed by atoms with Gasteiger partial charge in [-0.15, -0.1) is 0 Å². The molecular weight excluding hydrogens is 521 g/mol. The van der Waals surface area contributed by atoms with Gasteiger partial charge in [0.05, 0.1) is 32.5 Å². The minimum absolute atomic E-state index is 0.0528. The zero-order chi connectivity index (χ0) is 24.0. The van der Waals surface area contributed by atoms with Gasteiger partial charge in [-0.25, -0.2) is 0 Å². The van der Waals surface area contributed by atoms with Crippen molar-refractivity contribution in [1.82, 2.24) is 9.97 Å². The van der Waals surface area contributed by atoms with Crippen LogP contribution in [-0.2, 0) is 4.84 Å². The number of aromatic amines is 2. The average Bonchev–Trinajstić information content (AvgIpc) is 3.26. The predicted molar refractivity (Wildman–Crippen MR) is 130 cm³/mol. The fourth-order valence-corrected chi connectivity index (χ4v) is 4.06. The van der Waals surface area contributed by atoms with Crippen molar-refractivity contribution in [2.45, 2.75) is 6.18 Å². The molecule has 33 heavy (non-hydrogen) atoms. The van der Waals surface area contributed by atoms with Gasteiger partial charge in [-0.1, -0.05) is 38.8 Å². The molecular formula is C23H22BrClF3N4O+. The van der Waals surface area contributed by atoms with Gasteiger partial charge in [-0.3, -0.25) is 0 Å². The van der Waals surface area contributed by atoms with Crippen molar-refractivity contribution < 1.29 is 22.5 Å². The first-order valence-electron chi connectivity index (χ1n) is 10.1. The third-order valence-electron chi connectivity index (χ3n) is 5.13. The highest BCUT2D eigenvalue weighted by molar-refractivity contribution is 9.10. The van der Waals surface area contributed by atoms with Crippen LogP contribution in [0.25, 0.3) is 33.2 Å². The van der Waals surface area contributed by atoms with Crippen LogP contribution in [0.4, 0.5) is 13.2 Å². The summed E-state index contributed by atoms with van der Waals surface area (Å²) in [6, 6.07) is 12.1. The molecule has 0 bridgehead atoms. The van der Waals surface area contributed by atoms with Crippen molar-refractivity contribution in [1.29, 1.82) is 0 Å². The predicted octanol–water partition coefficient (Wildman–Crippen LogP) is 6.72. The Labute approximate surface area is 201 Å². The van der Waals surface area contributed by atoms with Gasteiger partial charge >= 0.3 is 6.18 Å². The summed E-state index contributed by atoms with van der Waals surface area (Å²) in [5.74, 6) is 0. The highest BCUT2D eigenvalue weighted by Gasteiger charge is 2.41. The van der Waals surface area contributed by atoms with Crippen molar-refractivity contribution in [2.24, 2.45) is 5.16 Å². The Morgan fingerprint density at radius 1 is 1.06 bits per heavy atom. The molecule has 0 radical (unpaired) electrons. The summed E-state index contributed by atoms with van der Waals surface area (Å²) in [4.78, 5) is 11.5. The SMILES string of the molecule is C[N+](C)(C)CCO/N=C(/c1c(-c2cc3cc(Cl)ccc3[nH]2)[nH]c2cc(Br)ccc12)C(F)(F)F. The number of oxime groups is 1. The van der Waals surface area contributed by atoms with Crippen molar-refractivity contribution in [3.63, 3.8) is 0 Å². The van der Waals surface area contributed by atoms with Gasteiger partial charge in [0.2, 0.25) is 0 Å².